The molecular weight excluding hydrogens is 342 g/mol. The molecule has 5 rings (SSSR count). The van der Waals surface area contributed by atoms with Gasteiger partial charge in [0.05, 0.1) is 17.0 Å². The van der Waals surface area contributed by atoms with Gasteiger partial charge in [0.1, 0.15) is 6.33 Å². The summed E-state index contributed by atoms with van der Waals surface area (Å²) >= 11 is 0. The van der Waals surface area contributed by atoms with Gasteiger partial charge in [-0.05, 0) is 42.9 Å². The number of pyridine rings is 1. The van der Waals surface area contributed by atoms with E-state index in [2.05, 4.69) is 19.9 Å². The van der Waals surface area contributed by atoms with Crippen LogP contribution in [-0.2, 0) is 18.3 Å². The number of rotatable bonds is 4. The first-order chi connectivity index (χ1) is 13.1. The number of hydrogen-bond acceptors (Lipinski definition) is 5. The van der Waals surface area contributed by atoms with Crippen molar-refractivity contribution in [2.45, 2.75) is 31.1 Å². The number of H-pyrrole nitrogens is 1. The molecule has 136 valence electrons. The van der Waals surface area contributed by atoms with Crippen LogP contribution in [0.15, 0.2) is 31.0 Å². The molecule has 0 radical (unpaired) electrons. The van der Waals surface area contributed by atoms with Crippen molar-refractivity contribution in [2.75, 3.05) is 6.54 Å². The molecule has 3 aromatic heterocycles. The Bertz CT molecular complexity index is 1050. The zero-order chi connectivity index (χ0) is 18.6. The van der Waals surface area contributed by atoms with Gasteiger partial charge in [0.25, 0.3) is 0 Å². The molecule has 3 aromatic rings. The van der Waals surface area contributed by atoms with Gasteiger partial charge in [-0.3, -0.25) is 4.98 Å². The Balaban J connectivity index is 1.70. The fourth-order valence-electron chi connectivity index (χ4n) is 4.12. The molecule has 7 heteroatoms. The number of carboxylic acids is 1. The minimum atomic E-state index is -0.878. The van der Waals surface area contributed by atoms with E-state index < -0.39 is 5.97 Å². The molecule has 2 aliphatic carbocycles. The number of fused-ring (bicyclic) bond motifs is 3. The van der Waals surface area contributed by atoms with Gasteiger partial charge in [-0.1, -0.05) is 0 Å². The van der Waals surface area contributed by atoms with Crippen LogP contribution in [0.4, 0.5) is 0 Å². The van der Waals surface area contributed by atoms with Crippen molar-refractivity contribution in [1.82, 2.24) is 19.9 Å². The van der Waals surface area contributed by atoms with Crippen LogP contribution in [0.1, 0.15) is 40.0 Å². The molecule has 0 aromatic carbocycles. The van der Waals surface area contributed by atoms with E-state index in [1.807, 2.05) is 12.3 Å². The first-order valence-corrected chi connectivity index (χ1v) is 9.06. The molecule has 27 heavy (non-hydrogen) atoms. The number of carboxylic acid groups (broad SMARTS) is 1. The zero-order valence-electron chi connectivity index (χ0n) is 14.7. The van der Waals surface area contributed by atoms with E-state index in [-0.39, 0.29) is 5.41 Å². The van der Waals surface area contributed by atoms with Crippen molar-refractivity contribution < 1.29 is 9.90 Å². The molecule has 1 saturated carbocycles. The van der Waals surface area contributed by atoms with Crippen molar-refractivity contribution in [3.8, 4) is 22.5 Å². The van der Waals surface area contributed by atoms with Gasteiger partial charge in [0, 0.05) is 47.4 Å². The largest absolute Gasteiger partial charge is 0.478 e. The van der Waals surface area contributed by atoms with Crippen LogP contribution in [0.2, 0.25) is 0 Å². The van der Waals surface area contributed by atoms with Crippen molar-refractivity contribution in [1.29, 1.82) is 0 Å². The third-order valence-electron chi connectivity index (χ3n) is 5.85. The van der Waals surface area contributed by atoms with Gasteiger partial charge in [0.15, 0.2) is 0 Å². The first-order valence-electron chi connectivity index (χ1n) is 9.06. The SMILES string of the molecule is NCC1(c2[nH]c3c(c2C(=O)O)CCc2cnc(-c4cncnc4)cc2-3)CC1. The smallest absolute Gasteiger partial charge is 0.337 e. The molecular formula is C20H19N5O2. The Morgan fingerprint density at radius 3 is 2.67 bits per heavy atom. The van der Waals surface area contributed by atoms with Gasteiger partial charge < -0.3 is 15.8 Å². The van der Waals surface area contributed by atoms with Crippen molar-refractivity contribution in [3.05, 3.63) is 53.4 Å². The average Bonchev–Trinajstić information content (AvgIpc) is 3.40. The molecule has 0 saturated heterocycles. The normalized spacial score (nSPS) is 16.5. The lowest BCUT2D eigenvalue weighted by Crippen LogP contribution is -2.23. The molecule has 0 bridgehead atoms. The number of aryl methyl sites for hydroxylation is 1. The topological polar surface area (TPSA) is 118 Å². The highest BCUT2D eigenvalue weighted by atomic mass is 16.4. The van der Waals surface area contributed by atoms with Crippen molar-refractivity contribution >= 4 is 5.97 Å². The number of aromatic carboxylic acids is 1. The van der Waals surface area contributed by atoms with Crippen LogP contribution in [-0.4, -0.2) is 37.6 Å². The van der Waals surface area contributed by atoms with Gasteiger partial charge in [-0.25, -0.2) is 14.8 Å². The fourth-order valence-corrected chi connectivity index (χ4v) is 4.12. The molecule has 1 fully saturated rings. The molecule has 7 nitrogen and oxygen atoms in total. The Morgan fingerprint density at radius 1 is 1.22 bits per heavy atom. The van der Waals surface area contributed by atoms with Crippen LogP contribution in [0.5, 0.6) is 0 Å². The predicted octanol–water partition coefficient (Wildman–Crippen LogP) is 2.32. The summed E-state index contributed by atoms with van der Waals surface area (Å²) in [6.45, 7) is 0.461. The molecule has 0 spiro atoms. The van der Waals surface area contributed by atoms with Crippen LogP contribution in [0.3, 0.4) is 0 Å². The summed E-state index contributed by atoms with van der Waals surface area (Å²) in [6.07, 6.45) is 10.1. The molecule has 3 heterocycles. The molecule has 0 aliphatic heterocycles. The van der Waals surface area contributed by atoms with Crippen LogP contribution in [0.25, 0.3) is 22.5 Å². The molecule has 0 atom stereocenters. The monoisotopic (exact) mass is 361 g/mol. The van der Waals surface area contributed by atoms with Gasteiger partial charge in [-0.15, -0.1) is 0 Å². The summed E-state index contributed by atoms with van der Waals surface area (Å²) in [7, 11) is 0. The van der Waals surface area contributed by atoms with Gasteiger partial charge in [-0.2, -0.15) is 0 Å². The number of carbonyl (C=O) groups is 1. The number of nitrogens with zero attached hydrogens (tertiary/aromatic N) is 3. The van der Waals surface area contributed by atoms with E-state index in [1.165, 1.54) is 6.33 Å². The van der Waals surface area contributed by atoms with E-state index in [9.17, 15) is 9.90 Å². The van der Waals surface area contributed by atoms with E-state index in [0.717, 1.165) is 58.6 Å². The average molecular weight is 361 g/mol. The summed E-state index contributed by atoms with van der Waals surface area (Å²) in [5, 5.41) is 9.89. The Hall–Kier alpha value is -3.06. The van der Waals surface area contributed by atoms with E-state index in [4.69, 9.17) is 5.73 Å². The Labute approximate surface area is 155 Å². The summed E-state index contributed by atoms with van der Waals surface area (Å²) < 4.78 is 0. The third-order valence-corrected chi connectivity index (χ3v) is 5.85. The second-order valence-electron chi connectivity index (χ2n) is 7.37. The lowest BCUT2D eigenvalue weighted by atomic mass is 9.87. The lowest BCUT2D eigenvalue weighted by molar-refractivity contribution is 0.0694. The quantitative estimate of drug-likeness (QED) is 0.656. The van der Waals surface area contributed by atoms with Crippen LogP contribution < -0.4 is 5.73 Å². The molecule has 4 N–H and O–H groups in total. The Morgan fingerprint density at radius 2 is 2.00 bits per heavy atom. The molecule has 0 amide bonds. The highest BCUT2D eigenvalue weighted by Gasteiger charge is 2.48. The maximum Gasteiger partial charge on any atom is 0.337 e. The predicted molar refractivity (Wildman–Crippen MR) is 99.4 cm³/mol. The summed E-state index contributed by atoms with van der Waals surface area (Å²) in [4.78, 5) is 28.2. The fraction of sp³-hybridized carbons (Fsp3) is 0.300. The first kappa shape index (κ1) is 16.1. The number of nitrogens with two attached hydrogens (primary N) is 1. The van der Waals surface area contributed by atoms with Crippen molar-refractivity contribution in [2.24, 2.45) is 5.73 Å². The lowest BCUT2D eigenvalue weighted by Gasteiger charge is -2.17. The minimum absolute atomic E-state index is 0.214. The van der Waals surface area contributed by atoms with E-state index in [1.54, 1.807) is 12.4 Å². The zero-order valence-corrected chi connectivity index (χ0v) is 14.7. The van der Waals surface area contributed by atoms with E-state index >= 15 is 0 Å². The third kappa shape index (κ3) is 2.39. The summed E-state index contributed by atoms with van der Waals surface area (Å²) in [5.41, 5.74) is 12.5. The second-order valence-corrected chi connectivity index (χ2v) is 7.37. The highest BCUT2D eigenvalue weighted by Crippen LogP contribution is 2.51. The number of nitrogens with one attached hydrogen (secondary N) is 1. The van der Waals surface area contributed by atoms with Gasteiger partial charge in [0.2, 0.25) is 0 Å². The number of hydrogen-bond donors (Lipinski definition) is 3. The maximum absolute atomic E-state index is 12.1. The van der Waals surface area contributed by atoms with Crippen molar-refractivity contribution in [3.63, 3.8) is 0 Å². The standard InChI is InChI=1S/C20H19N5O2/c21-9-20(3-4-20)18-16(19(26)27)13-2-1-11-8-24-15(5-14(11)17(13)25-18)12-6-22-10-23-7-12/h5-8,10,25H,1-4,9,21H2,(H,26,27). The summed E-state index contributed by atoms with van der Waals surface area (Å²) in [5.74, 6) is -0.878. The molecule has 2 aliphatic rings. The summed E-state index contributed by atoms with van der Waals surface area (Å²) in [6, 6.07) is 2.00. The van der Waals surface area contributed by atoms with Crippen LogP contribution >= 0.6 is 0 Å². The van der Waals surface area contributed by atoms with Crippen LogP contribution in [0, 0.1) is 0 Å². The van der Waals surface area contributed by atoms with Gasteiger partial charge >= 0.3 is 5.97 Å². The Kier molecular flexibility index (Phi) is 3.42. The van der Waals surface area contributed by atoms with E-state index in [0.29, 0.717) is 18.5 Å². The second kappa shape index (κ2) is 5.72. The number of aromatic amines is 1. The maximum atomic E-state index is 12.1. The number of aromatic nitrogens is 4. The highest BCUT2D eigenvalue weighted by molar-refractivity contribution is 5.95. The molecule has 0 unspecified atom stereocenters. The minimum Gasteiger partial charge on any atom is -0.478 e.